The Bertz CT molecular complexity index is 746. The molecule has 0 spiro atoms. The molecule has 2 heterocycles. The van der Waals surface area contributed by atoms with Gasteiger partial charge in [-0.2, -0.15) is 5.26 Å². The molecule has 1 aliphatic heterocycles. The third kappa shape index (κ3) is 4.47. The van der Waals surface area contributed by atoms with Crippen molar-refractivity contribution < 1.29 is 19.1 Å². The van der Waals surface area contributed by atoms with Crippen LogP contribution in [0.25, 0.3) is 0 Å². The molecule has 0 saturated carbocycles. The van der Waals surface area contributed by atoms with Gasteiger partial charge in [-0.15, -0.1) is 11.8 Å². The number of thioether (sulfide) groups is 1. The minimum atomic E-state index is -0.527. The number of nitrogens with zero attached hydrogens (tertiary/aromatic N) is 3. The highest BCUT2D eigenvalue weighted by Gasteiger charge is 2.38. The summed E-state index contributed by atoms with van der Waals surface area (Å²) < 4.78 is 10.4. The lowest BCUT2D eigenvalue weighted by Gasteiger charge is -2.40. The van der Waals surface area contributed by atoms with Crippen molar-refractivity contribution in [3.05, 3.63) is 17.2 Å². The Morgan fingerprint density at radius 2 is 2.08 bits per heavy atom. The lowest BCUT2D eigenvalue weighted by molar-refractivity contribution is -0.160. The number of ether oxygens (including phenoxy) is 2. The van der Waals surface area contributed by atoms with Gasteiger partial charge in [-0.25, -0.2) is 9.78 Å². The predicted octanol–water partition coefficient (Wildman–Crippen LogP) is 2.63. The van der Waals surface area contributed by atoms with Crippen molar-refractivity contribution in [3.63, 3.8) is 0 Å². The van der Waals surface area contributed by atoms with E-state index in [4.69, 9.17) is 9.47 Å². The maximum Gasteiger partial charge on any atom is 0.340 e. The van der Waals surface area contributed by atoms with E-state index in [9.17, 15) is 14.9 Å². The molecule has 0 bridgehead atoms. The number of anilines is 1. The summed E-state index contributed by atoms with van der Waals surface area (Å²) in [7, 11) is 0. The molecule has 0 aromatic carbocycles. The molecule has 2 rings (SSSR count). The molecule has 0 amide bonds. The second-order valence-electron chi connectivity index (χ2n) is 6.88. The Morgan fingerprint density at radius 3 is 2.58 bits per heavy atom. The Labute approximate surface area is 157 Å². The van der Waals surface area contributed by atoms with E-state index in [2.05, 4.69) is 11.1 Å². The van der Waals surface area contributed by atoms with E-state index in [-0.39, 0.29) is 29.6 Å². The fourth-order valence-electron chi connectivity index (χ4n) is 2.51. The van der Waals surface area contributed by atoms with E-state index >= 15 is 0 Å². The van der Waals surface area contributed by atoms with Gasteiger partial charge in [-0.05, 0) is 40.0 Å². The normalized spacial score (nSPS) is 14.4. The van der Waals surface area contributed by atoms with Crippen LogP contribution in [0.15, 0.2) is 11.1 Å². The van der Waals surface area contributed by atoms with E-state index in [1.165, 1.54) is 17.8 Å². The largest absolute Gasteiger partial charge is 0.462 e. The highest BCUT2D eigenvalue weighted by Crippen LogP contribution is 2.31. The van der Waals surface area contributed by atoms with Crippen LogP contribution in [0.4, 0.5) is 5.82 Å². The number of pyridine rings is 1. The van der Waals surface area contributed by atoms with Crippen molar-refractivity contribution in [2.24, 2.45) is 5.92 Å². The molecule has 1 aliphatic rings. The van der Waals surface area contributed by atoms with Crippen LogP contribution in [0, 0.1) is 17.2 Å². The van der Waals surface area contributed by atoms with Crippen LogP contribution in [0.5, 0.6) is 0 Å². The monoisotopic (exact) mass is 377 g/mol. The average molecular weight is 377 g/mol. The number of hydrogen-bond acceptors (Lipinski definition) is 8. The van der Waals surface area contributed by atoms with Crippen molar-refractivity contribution in [1.82, 2.24) is 4.98 Å². The topological polar surface area (TPSA) is 92.5 Å². The minimum Gasteiger partial charge on any atom is -0.462 e. The molecule has 26 heavy (non-hydrogen) atoms. The lowest BCUT2D eigenvalue weighted by Crippen LogP contribution is -2.52. The second kappa shape index (κ2) is 7.96. The van der Waals surface area contributed by atoms with Crippen molar-refractivity contribution >= 4 is 29.5 Å². The molecular weight excluding hydrogens is 354 g/mol. The zero-order chi connectivity index (χ0) is 19.5. The van der Waals surface area contributed by atoms with Gasteiger partial charge in [0.15, 0.2) is 0 Å². The molecule has 8 heteroatoms. The molecule has 1 aromatic rings. The van der Waals surface area contributed by atoms with E-state index in [1.54, 1.807) is 13.2 Å². The Balaban J connectivity index is 2.20. The maximum absolute atomic E-state index is 12.1. The van der Waals surface area contributed by atoms with Gasteiger partial charge in [0.1, 0.15) is 22.5 Å². The number of carbonyl (C=O) groups excluding carboxylic acids is 2. The van der Waals surface area contributed by atoms with Crippen LogP contribution in [0.2, 0.25) is 0 Å². The molecule has 0 atom stereocenters. The highest BCUT2D eigenvalue weighted by molar-refractivity contribution is 7.98. The Morgan fingerprint density at radius 1 is 1.42 bits per heavy atom. The zero-order valence-electron chi connectivity index (χ0n) is 15.7. The van der Waals surface area contributed by atoms with Crippen molar-refractivity contribution in [3.8, 4) is 6.07 Å². The zero-order valence-corrected chi connectivity index (χ0v) is 16.5. The molecule has 1 aromatic heterocycles. The Hall–Kier alpha value is -2.27. The number of esters is 2. The first-order valence-corrected chi connectivity index (χ1v) is 9.56. The number of rotatable bonds is 5. The second-order valence-corrected chi connectivity index (χ2v) is 7.68. The number of carbonyl (C=O) groups is 2. The molecule has 1 saturated heterocycles. The summed E-state index contributed by atoms with van der Waals surface area (Å²) in [6.07, 6.45) is 1.81. The van der Waals surface area contributed by atoms with Gasteiger partial charge in [0.05, 0.1) is 23.7 Å². The van der Waals surface area contributed by atoms with Crippen LogP contribution in [-0.4, -0.2) is 48.5 Å². The van der Waals surface area contributed by atoms with Gasteiger partial charge in [0, 0.05) is 13.1 Å². The van der Waals surface area contributed by atoms with Gasteiger partial charge < -0.3 is 14.4 Å². The van der Waals surface area contributed by atoms with Gasteiger partial charge in [-0.1, -0.05) is 0 Å². The molecule has 7 nitrogen and oxygen atoms in total. The molecular formula is C18H23N3O4S. The van der Waals surface area contributed by atoms with Crippen LogP contribution < -0.4 is 4.90 Å². The van der Waals surface area contributed by atoms with Crippen LogP contribution in [0.1, 0.15) is 43.6 Å². The van der Waals surface area contributed by atoms with Crippen LogP contribution >= 0.6 is 11.8 Å². The van der Waals surface area contributed by atoms with Crippen LogP contribution in [-0.2, 0) is 14.3 Å². The SMILES string of the molecule is CCOC(=O)c1cc(C#N)c(N2CC(C(=O)OC(C)(C)C)C2)nc1SC. The third-order valence-electron chi connectivity index (χ3n) is 3.70. The number of hydrogen-bond donors (Lipinski definition) is 0. The van der Waals surface area contributed by atoms with Crippen molar-refractivity contribution in [2.75, 3.05) is 30.9 Å². The molecule has 0 radical (unpaired) electrons. The standard InChI is InChI=1S/C18H23N3O4S/c1-6-24-17(23)13-7-11(8-19)14(20-15(13)26-5)21-9-12(10-21)16(22)25-18(2,3)4/h7,12H,6,9-10H2,1-5H3. The summed E-state index contributed by atoms with van der Waals surface area (Å²) >= 11 is 1.31. The fourth-order valence-corrected chi connectivity index (χ4v) is 3.05. The summed E-state index contributed by atoms with van der Waals surface area (Å²) in [4.78, 5) is 30.5. The lowest BCUT2D eigenvalue weighted by atomic mass is 9.99. The Kier molecular flexibility index (Phi) is 6.13. The van der Waals surface area contributed by atoms with Crippen molar-refractivity contribution in [1.29, 1.82) is 5.26 Å². The van der Waals surface area contributed by atoms with E-state index in [1.807, 2.05) is 25.7 Å². The van der Waals surface area contributed by atoms with Crippen molar-refractivity contribution in [2.45, 2.75) is 38.3 Å². The number of aromatic nitrogens is 1. The van der Waals surface area contributed by atoms with Gasteiger partial charge >= 0.3 is 11.9 Å². The quantitative estimate of drug-likeness (QED) is 0.571. The predicted molar refractivity (Wildman–Crippen MR) is 98.2 cm³/mol. The van der Waals surface area contributed by atoms with E-state index in [0.29, 0.717) is 23.9 Å². The summed E-state index contributed by atoms with van der Waals surface area (Å²) in [5.74, 6) is -0.516. The molecule has 0 unspecified atom stereocenters. The fraction of sp³-hybridized carbons (Fsp3) is 0.556. The molecule has 0 aliphatic carbocycles. The van der Waals surface area contributed by atoms with Gasteiger partial charge in [-0.3, -0.25) is 4.79 Å². The summed E-state index contributed by atoms with van der Waals surface area (Å²) in [5.41, 5.74) is 0.0401. The van der Waals surface area contributed by atoms with Crippen LogP contribution in [0.3, 0.4) is 0 Å². The van der Waals surface area contributed by atoms with Gasteiger partial charge in [0.25, 0.3) is 0 Å². The maximum atomic E-state index is 12.1. The average Bonchev–Trinajstić information content (AvgIpc) is 2.51. The third-order valence-corrected chi connectivity index (χ3v) is 4.40. The smallest absolute Gasteiger partial charge is 0.340 e. The van der Waals surface area contributed by atoms with E-state index in [0.717, 1.165) is 0 Å². The number of nitriles is 1. The first-order valence-electron chi connectivity index (χ1n) is 8.34. The molecule has 1 fully saturated rings. The summed E-state index contributed by atoms with van der Waals surface area (Å²) in [6, 6.07) is 3.59. The first kappa shape index (κ1) is 20.0. The van der Waals surface area contributed by atoms with Gasteiger partial charge in [0.2, 0.25) is 0 Å². The molecule has 0 N–H and O–H groups in total. The van der Waals surface area contributed by atoms with E-state index < -0.39 is 11.6 Å². The summed E-state index contributed by atoms with van der Waals surface area (Å²) in [6.45, 7) is 8.33. The minimum absolute atomic E-state index is 0.245. The molecule has 140 valence electrons. The first-order chi connectivity index (χ1) is 12.2. The highest BCUT2D eigenvalue weighted by atomic mass is 32.2. The summed E-state index contributed by atoms with van der Waals surface area (Å²) in [5, 5.41) is 9.95.